The van der Waals surface area contributed by atoms with Gasteiger partial charge >= 0.3 is 0 Å². The fourth-order valence-corrected chi connectivity index (χ4v) is 3.67. The summed E-state index contributed by atoms with van der Waals surface area (Å²) in [5, 5.41) is 0. The van der Waals surface area contributed by atoms with Crippen LogP contribution >= 0.6 is 0 Å². The molecule has 23 heavy (non-hydrogen) atoms. The molecule has 0 bridgehead atoms. The number of ether oxygens (including phenoxy) is 3. The number of methoxy groups -OCH3 is 1. The highest BCUT2D eigenvalue weighted by molar-refractivity contribution is 5.12. The summed E-state index contributed by atoms with van der Waals surface area (Å²) < 4.78 is 16.8. The molecular formula is C18H28N2O3. The molecule has 1 unspecified atom stereocenters. The summed E-state index contributed by atoms with van der Waals surface area (Å²) in [6.45, 7) is 5.39. The van der Waals surface area contributed by atoms with E-state index in [-0.39, 0.29) is 6.10 Å². The Morgan fingerprint density at radius 2 is 2.30 bits per heavy atom. The monoisotopic (exact) mass is 320 g/mol. The van der Waals surface area contributed by atoms with Crippen LogP contribution < -0.4 is 0 Å². The molecule has 0 saturated carbocycles. The topological polar surface area (TPSA) is 43.8 Å². The lowest BCUT2D eigenvalue weighted by atomic mass is 10.0. The molecular weight excluding hydrogens is 292 g/mol. The van der Waals surface area contributed by atoms with Gasteiger partial charge in [-0.1, -0.05) is 6.07 Å². The Kier molecular flexibility index (Phi) is 6.39. The first-order valence-corrected chi connectivity index (χ1v) is 8.68. The van der Waals surface area contributed by atoms with Crippen molar-refractivity contribution in [2.45, 2.75) is 31.4 Å². The van der Waals surface area contributed by atoms with Gasteiger partial charge in [0.25, 0.3) is 0 Å². The molecule has 0 radical (unpaired) electrons. The summed E-state index contributed by atoms with van der Waals surface area (Å²) in [5.74, 6) is 0.670. The van der Waals surface area contributed by atoms with Gasteiger partial charge in [-0.15, -0.1) is 0 Å². The van der Waals surface area contributed by atoms with Gasteiger partial charge in [0.05, 0.1) is 25.9 Å². The number of aromatic nitrogens is 1. The molecule has 1 aromatic rings. The molecule has 0 spiro atoms. The van der Waals surface area contributed by atoms with Crippen LogP contribution in [0.1, 0.15) is 18.4 Å². The Morgan fingerprint density at radius 3 is 3.04 bits per heavy atom. The van der Waals surface area contributed by atoms with Crippen molar-refractivity contribution in [3.63, 3.8) is 0 Å². The van der Waals surface area contributed by atoms with Crippen molar-refractivity contribution in [3.05, 3.63) is 30.1 Å². The third kappa shape index (κ3) is 4.73. The maximum absolute atomic E-state index is 6.10. The molecule has 0 N–H and O–H groups in total. The summed E-state index contributed by atoms with van der Waals surface area (Å²) in [7, 11) is 1.72. The van der Waals surface area contributed by atoms with Crippen molar-refractivity contribution in [1.29, 1.82) is 0 Å². The molecule has 1 aromatic heterocycles. The molecule has 128 valence electrons. The maximum atomic E-state index is 6.10. The van der Waals surface area contributed by atoms with E-state index in [2.05, 4.69) is 16.0 Å². The summed E-state index contributed by atoms with van der Waals surface area (Å²) in [4.78, 5) is 6.86. The summed E-state index contributed by atoms with van der Waals surface area (Å²) in [5.41, 5.74) is 1.28. The third-order valence-electron chi connectivity index (χ3n) is 4.90. The fraction of sp³-hybridized carbons (Fsp3) is 0.722. The van der Waals surface area contributed by atoms with E-state index in [0.29, 0.717) is 25.2 Å². The van der Waals surface area contributed by atoms with Crippen LogP contribution in [0.3, 0.4) is 0 Å². The first kappa shape index (κ1) is 16.8. The number of nitrogens with zero attached hydrogens (tertiary/aromatic N) is 2. The second kappa shape index (κ2) is 8.73. The Morgan fingerprint density at radius 1 is 1.35 bits per heavy atom. The van der Waals surface area contributed by atoms with Gasteiger partial charge in [0.2, 0.25) is 0 Å². The second-order valence-corrected chi connectivity index (χ2v) is 6.55. The molecule has 2 fully saturated rings. The van der Waals surface area contributed by atoms with E-state index in [9.17, 15) is 0 Å². The molecule has 3 atom stereocenters. The van der Waals surface area contributed by atoms with Crippen molar-refractivity contribution >= 4 is 0 Å². The van der Waals surface area contributed by atoms with Gasteiger partial charge in [-0.3, -0.25) is 9.88 Å². The average Bonchev–Trinajstić information content (AvgIpc) is 3.21. The molecule has 0 aromatic carbocycles. The molecule has 3 rings (SSSR count). The fourth-order valence-electron chi connectivity index (χ4n) is 3.67. The minimum absolute atomic E-state index is 0.285. The summed E-state index contributed by atoms with van der Waals surface area (Å²) in [6, 6.07) is 4.60. The van der Waals surface area contributed by atoms with Crippen LogP contribution in [-0.2, 0) is 20.6 Å². The van der Waals surface area contributed by atoms with Gasteiger partial charge in [-0.2, -0.15) is 0 Å². The lowest BCUT2D eigenvalue weighted by molar-refractivity contribution is -0.00212. The van der Waals surface area contributed by atoms with Gasteiger partial charge in [0.1, 0.15) is 0 Å². The second-order valence-electron chi connectivity index (χ2n) is 6.55. The van der Waals surface area contributed by atoms with E-state index in [4.69, 9.17) is 14.2 Å². The highest BCUT2D eigenvalue weighted by Gasteiger charge is 2.36. The van der Waals surface area contributed by atoms with Crippen molar-refractivity contribution in [2.75, 3.05) is 46.6 Å². The minimum Gasteiger partial charge on any atom is -0.382 e. The molecule has 5 nitrogen and oxygen atoms in total. The van der Waals surface area contributed by atoms with Crippen molar-refractivity contribution in [3.8, 4) is 0 Å². The van der Waals surface area contributed by atoms with Crippen molar-refractivity contribution < 1.29 is 14.2 Å². The van der Waals surface area contributed by atoms with Gasteiger partial charge < -0.3 is 14.2 Å². The van der Waals surface area contributed by atoms with Gasteiger partial charge in [-0.25, -0.2) is 0 Å². The number of hydrogen-bond acceptors (Lipinski definition) is 5. The van der Waals surface area contributed by atoms with E-state index in [1.54, 1.807) is 7.11 Å². The Hall–Kier alpha value is -1.01. The van der Waals surface area contributed by atoms with E-state index in [1.807, 2.05) is 18.5 Å². The Bertz CT molecular complexity index is 451. The lowest BCUT2D eigenvalue weighted by Gasteiger charge is -2.30. The largest absolute Gasteiger partial charge is 0.382 e. The van der Waals surface area contributed by atoms with E-state index in [0.717, 1.165) is 39.1 Å². The smallest absolute Gasteiger partial charge is 0.0746 e. The normalized spacial score (nSPS) is 28.5. The first-order chi connectivity index (χ1) is 11.4. The number of pyridine rings is 1. The predicted octanol–water partition coefficient (Wildman–Crippen LogP) is 1.77. The lowest BCUT2D eigenvalue weighted by Crippen LogP contribution is -2.41. The standard InChI is InChI=1S/C18H28N2O3/c1-21-9-10-23-18-4-7-20(13-16-5-8-22-14-16)17(18)11-15-3-2-6-19-12-15/h2-3,6,12,16-18H,4-5,7-11,13-14H2,1H3/t16?,17-,18+/m0/s1. The molecule has 2 aliphatic heterocycles. The van der Waals surface area contributed by atoms with E-state index >= 15 is 0 Å². The molecule has 0 amide bonds. The molecule has 2 saturated heterocycles. The molecule has 2 aliphatic rings. The van der Waals surface area contributed by atoms with Gasteiger partial charge in [0.15, 0.2) is 0 Å². The molecule has 5 heteroatoms. The Labute approximate surface area is 138 Å². The van der Waals surface area contributed by atoms with Crippen LogP contribution in [-0.4, -0.2) is 68.7 Å². The van der Waals surface area contributed by atoms with E-state index in [1.165, 1.54) is 12.0 Å². The van der Waals surface area contributed by atoms with Gasteiger partial charge in [-0.05, 0) is 36.8 Å². The first-order valence-electron chi connectivity index (χ1n) is 8.68. The highest BCUT2D eigenvalue weighted by Crippen LogP contribution is 2.27. The number of rotatable bonds is 8. The SMILES string of the molecule is COCCO[C@@H]1CCN(CC2CCOC2)[C@H]1Cc1cccnc1. The number of likely N-dealkylation sites (tertiary alicyclic amines) is 1. The molecule has 3 heterocycles. The zero-order valence-corrected chi connectivity index (χ0v) is 14.0. The third-order valence-corrected chi connectivity index (χ3v) is 4.90. The van der Waals surface area contributed by atoms with Crippen LogP contribution in [0.15, 0.2) is 24.5 Å². The predicted molar refractivity (Wildman–Crippen MR) is 88.5 cm³/mol. The van der Waals surface area contributed by atoms with Crippen LogP contribution in [0.2, 0.25) is 0 Å². The zero-order chi connectivity index (χ0) is 15.9. The maximum Gasteiger partial charge on any atom is 0.0746 e. The quantitative estimate of drug-likeness (QED) is 0.683. The Balaban J connectivity index is 1.62. The summed E-state index contributed by atoms with van der Waals surface area (Å²) in [6.07, 6.45) is 7.37. The van der Waals surface area contributed by atoms with Crippen LogP contribution in [0.25, 0.3) is 0 Å². The zero-order valence-electron chi connectivity index (χ0n) is 14.0. The van der Waals surface area contributed by atoms with Crippen molar-refractivity contribution in [1.82, 2.24) is 9.88 Å². The van der Waals surface area contributed by atoms with Gasteiger partial charge in [0, 0.05) is 45.2 Å². The average molecular weight is 320 g/mol. The van der Waals surface area contributed by atoms with Crippen LogP contribution in [0, 0.1) is 5.92 Å². The van der Waals surface area contributed by atoms with E-state index < -0.39 is 0 Å². The number of hydrogen-bond donors (Lipinski definition) is 0. The minimum atomic E-state index is 0.285. The highest BCUT2D eigenvalue weighted by atomic mass is 16.5. The molecule has 0 aliphatic carbocycles. The van der Waals surface area contributed by atoms with Crippen LogP contribution in [0.5, 0.6) is 0 Å². The summed E-state index contributed by atoms with van der Waals surface area (Å²) >= 11 is 0. The van der Waals surface area contributed by atoms with Crippen molar-refractivity contribution in [2.24, 2.45) is 5.92 Å². The van der Waals surface area contributed by atoms with Crippen LogP contribution in [0.4, 0.5) is 0 Å².